The highest BCUT2D eigenvalue weighted by Crippen LogP contribution is 2.37. The molecule has 0 radical (unpaired) electrons. The van der Waals surface area contributed by atoms with Crippen LogP contribution in [-0.4, -0.2) is 14.4 Å². The summed E-state index contributed by atoms with van der Waals surface area (Å²) in [4.78, 5) is 9.91. The summed E-state index contributed by atoms with van der Waals surface area (Å²) in [6.45, 7) is 2.13. The molecule has 0 atom stereocenters. The summed E-state index contributed by atoms with van der Waals surface area (Å²) in [6, 6.07) is 8.71. The molecule has 1 fully saturated rings. The molecule has 3 heteroatoms. The zero-order valence-corrected chi connectivity index (χ0v) is 14.7. The van der Waals surface area contributed by atoms with E-state index in [-0.39, 0.29) is 0 Å². The molecule has 0 unspecified atom stereocenters. The van der Waals surface area contributed by atoms with Crippen LogP contribution in [0.4, 0.5) is 0 Å². The van der Waals surface area contributed by atoms with Crippen molar-refractivity contribution in [1.29, 1.82) is 0 Å². The Labute approximate surface area is 148 Å². The van der Waals surface area contributed by atoms with Crippen molar-refractivity contribution in [1.82, 2.24) is 14.4 Å². The van der Waals surface area contributed by atoms with Gasteiger partial charge < -0.3 is 0 Å². The van der Waals surface area contributed by atoms with Gasteiger partial charge in [-0.25, -0.2) is 4.98 Å². The number of benzene rings is 1. The van der Waals surface area contributed by atoms with Crippen LogP contribution in [0.25, 0.3) is 22.9 Å². The minimum Gasteiger partial charge on any atom is -0.293 e. The van der Waals surface area contributed by atoms with Gasteiger partial charge in [0.25, 0.3) is 0 Å². The van der Waals surface area contributed by atoms with E-state index in [9.17, 15) is 0 Å². The maximum Gasteiger partial charge on any atom is 0.117 e. The number of hydrogen-bond donors (Lipinski definition) is 0. The van der Waals surface area contributed by atoms with Crippen LogP contribution in [0.3, 0.4) is 0 Å². The Balaban J connectivity index is 1.76. The van der Waals surface area contributed by atoms with Crippen molar-refractivity contribution in [2.24, 2.45) is 0 Å². The van der Waals surface area contributed by atoms with Crippen molar-refractivity contribution in [3.63, 3.8) is 0 Å². The first-order valence-electron chi connectivity index (χ1n) is 9.45. The molecule has 126 valence electrons. The van der Waals surface area contributed by atoms with Crippen LogP contribution >= 0.6 is 0 Å². The van der Waals surface area contributed by atoms with Crippen LogP contribution in [0.1, 0.15) is 60.8 Å². The molecule has 0 spiro atoms. The van der Waals surface area contributed by atoms with E-state index in [0.717, 1.165) is 17.6 Å². The quantitative estimate of drug-likeness (QED) is 0.637. The smallest absolute Gasteiger partial charge is 0.117 e. The predicted octanol–water partition coefficient (Wildman–Crippen LogP) is 5.32. The predicted molar refractivity (Wildman–Crippen MR) is 102 cm³/mol. The zero-order chi connectivity index (χ0) is 16.8. The highest BCUT2D eigenvalue weighted by atomic mass is 15.1. The van der Waals surface area contributed by atoms with Gasteiger partial charge >= 0.3 is 0 Å². The summed E-state index contributed by atoms with van der Waals surface area (Å²) >= 11 is 0. The van der Waals surface area contributed by atoms with Crippen molar-refractivity contribution >= 4 is 11.6 Å². The average molecular weight is 329 g/mol. The summed E-state index contributed by atoms with van der Waals surface area (Å²) in [7, 11) is 0. The molecular formula is C22H23N3. The summed E-state index contributed by atoms with van der Waals surface area (Å²) < 4.78 is 2.40. The van der Waals surface area contributed by atoms with E-state index >= 15 is 0 Å². The van der Waals surface area contributed by atoms with E-state index in [0.29, 0.717) is 5.92 Å². The molecule has 2 aliphatic carbocycles. The van der Waals surface area contributed by atoms with Crippen LogP contribution in [-0.2, 0) is 6.42 Å². The highest BCUT2D eigenvalue weighted by Gasteiger charge is 2.25. The van der Waals surface area contributed by atoms with E-state index in [1.165, 1.54) is 60.4 Å². The molecule has 2 heterocycles. The number of hydrogen-bond acceptors (Lipinski definition) is 2. The Hall–Kier alpha value is -2.42. The molecule has 2 aliphatic rings. The summed E-state index contributed by atoms with van der Waals surface area (Å²) in [5.41, 5.74) is 7.11. The third-order valence-electron chi connectivity index (χ3n) is 5.70. The van der Waals surface area contributed by atoms with Crippen molar-refractivity contribution < 1.29 is 0 Å². The first kappa shape index (κ1) is 14.9. The number of nitrogens with zero attached hydrogens (tertiary/aromatic N) is 3. The third-order valence-corrected chi connectivity index (χ3v) is 5.70. The average Bonchev–Trinajstić information content (AvgIpc) is 3.27. The molecule has 3 aromatic rings. The van der Waals surface area contributed by atoms with E-state index < -0.39 is 0 Å². The van der Waals surface area contributed by atoms with Gasteiger partial charge in [0.05, 0.1) is 28.8 Å². The van der Waals surface area contributed by atoms with Gasteiger partial charge in [-0.15, -0.1) is 0 Å². The van der Waals surface area contributed by atoms with Gasteiger partial charge in [0, 0.05) is 17.9 Å². The monoisotopic (exact) mass is 329 g/mol. The van der Waals surface area contributed by atoms with Gasteiger partial charge in [-0.2, -0.15) is 0 Å². The normalized spacial score (nSPS) is 17.3. The van der Waals surface area contributed by atoms with E-state index in [2.05, 4.69) is 47.7 Å². The van der Waals surface area contributed by atoms with Gasteiger partial charge in [0.15, 0.2) is 0 Å². The van der Waals surface area contributed by atoms with Crippen molar-refractivity contribution in [2.75, 3.05) is 0 Å². The molecule has 1 aromatic carbocycles. The summed E-state index contributed by atoms with van der Waals surface area (Å²) in [5, 5.41) is 0. The molecule has 0 aliphatic heterocycles. The van der Waals surface area contributed by atoms with Crippen LogP contribution in [0.2, 0.25) is 0 Å². The van der Waals surface area contributed by atoms with Crippen LogP contribution in [0.15, 0.2) is 36.5 Å². The Bertz CT molecular complexity index is 957. The second-order valence-electron chi connectivity index (χ2n) is 7.44. The maximum absolute atomic E-state index is 5.18. The number of imidazole rings is 1. The first-order valence-corrected chi connectivity index (χ1v) is 9.45. The first-order chi connectivity index (χ1) is 12.3. The molecular weight excluding hydrogens is 306 g/mol. The van der Waals surface area contributed by atoms with Crippen molar-refractivity contribution in [3.8, 4) is 11.3 Å². The molecule has 0 bridgehead atoms. The maximum atomic E-state index is 5.18. The number of aryl methyl sites for hydroxylation is 1. The van der Waals surface area contributed by atoms with E-state index in [1.807, 2.05) is 6.20 Å². The van der Waals surface area contributed by atoms with Crippen molar-refractivity contribution in [2.45, 2.75) is 51.4 Å². The molecule has 2 aromatic heterocycles. The molecule has 0 amide bonds. The van der Waals surface area contributed by atoms with Gasteiger partial charge in [-0.05, 0) is 25.8 Å². The fourth-order valence-corrected chi connectivity index (χ4v) is 4.33. The lowest BCUT2D eigenvalue weighted by atomic mass is 9.88. The second-order valence-corrected chi connectivity index (χ2v) is 7.44. The Morgan fingerprint density at radius 2 is 1.84 bits per heavy atom. The van der Waals surface area contributed by atoms with Gasteiger partial charge in [-0.3, -0.25) is 9.38 Å². The fraction of sp³-hybridized carbons (Fsp3) is 0.364. The lowest BCUT2D eigenvalue weighted by Crippen LogP contribution is -2.10. The minimum atomic E-state index is 0.570. The van der Waals surface area contributed by atoms with Crippen LogP contribution in [0.5, 0.6) is 0 Å². The van der Waals surface area contributed by atoms with E-state index in [4.69, 9.17) is 9.97 Å². The Morgan fingerprint density at radius 3 is 2.64 bits per heavy atom. The van der Waals surface area contributed by atoms with E-state index in [1.54, 1.807) is 0 Å². The SMILES string of the molecule is Cc1ccc(-c2nc(C3CCCCC3)n3c4c(ncc23)CC=C4)cc1. The zero-order valence-electron chi connectivity index (χ0n) is 14.7. The molecule has 0 saturated heterocycles. The third kappa shape index (κ3) is 2.41. The summed E-state index contributed by atoms with van der Waals surface area (Å²) in [5.74, 6) is 1.82. The molecule has 25 heavy (non-hydrogen) atoms. The van der Waals surface area contributed by atoms with Gasteiger partial charge in [0.1, 0.15) is 5.82 Å². The Kier molecular flexibility index (Phi) is 3.47. The molecule has 3 nitrogen and oxygen atoms in total. The summed E-state index contributed by atoms with van der Waals surface area (Å²) in [6.07, 6.45) is 13.9. The topological polar surface area (TPSA) is 30.2 Å². The molecule has 1 saturated carbocycles. The fourth-order valence-electron chi connectivity index (χ4n) is 4.33. The standard InChI is InChI=1S/C22H23N3/c1-15-10-12-16(13-11-15)21-20-14-23-18-8-5-9-19(18)25(20)22(24-21)17-6-3-2-4-7-17/h5,9-14,17H,2-4,6-8H2,1H3. The second kappa shape index (κ2) is 5.83. The number of aromatic nitrogens is 3. The largest absolute Gasteiger partial charge is 0.293 e. The Morgan fingerprint density at radius 1 is 1.04 bits per heavy atom. The van der Waals surface area contributed by atoms with Crippen LogP contribution in [0, 0.1) is 6.92 Å². The number of allylic oxidation sites excluding steroid dienone is 1. The van der Waals surface area contributed by atoms with Crippen molar-refractivity contribution in [3.05, 3.63) is 59.3 Å². The lowest BCUT2D eigenvalue weighted by molar-refractivity contribution is 0.427. The molecule has 5 rings (SSSR count). The van der Waals surface area contributed by atoms with Crippen LogP contribution < -0.4 is 0 Å². The number of rotatable bonds is 2. The van der Waals surface area contributed by atoms with Gasteiger partial charge in [-0.1, -0.05) is 55.2 Å². The van der Waals surface area contributed by atoms with Gasteiger partial charge in [0.2, 0.25) is 0 Å². The number of fused-ring (bicyclic) bond motifs is 3. The highest BCUT2D eigenvalue weighted by molar-refractivity contribution is 5.79. The molecule has 0 N–H and O–H groups in total. The lowest BCUT2D eigenvalue weighted by Gasteiger charge is -2.21. The minimum absolute atomic E-state index is 0.570.